The Balaban J connectivity index is 1.90. The molecule has 1 spiro atoms. The van der Waals surface area contributed by atoms with Crippen LogP contribution in [0.5, 0.6) is 0 Å². The summed E-state index contributed by atoms with van der Waals surface area (Å²) in [6.07, 6.45) is 9.66. The third-order valence-corrected chi connectivity index (χ3v) is 4.36. The summed E-state index contributed by atoms with van der Waals surface area (Å²) in [5, 5.41) is 3.74. The summed E-state index contributed by atoms with van der Waals surface area (Å²) in [6, 6.07) is 10.9. The van der Waals surface area contributed by atoms with E-state index in [1.807, 2.05) is 6.07 Å². The standard InChI is InChI=1S/C18H21NO/c1-17(2)13-18(10-8-15(20)9-11-18)16(19-17)12-14-6-4-3-5-7-14/h3-11,16,19H,12-13H2,1-2H3. The molecule has 0 radical (unpaired) electrons. The van der Waals surface area contributed by atoms with E-state index in [1.165, 1.54) is 5.56 Å². The SMILES string of the molecule is CC1(C)CC2(C=CC(=O)C=C2)C(Cc2ccccc2)N1. The number of hydrogen-bond donors (Lipinski definition) is 1. The van der Waals surface area contributed by atoms with Gasteiger partial charge in [0.25, 0.3) is 0 Å². The van der Waals surface area contributed by atoms with Gasteiger partial charge in [-0.15, -0.1) is 0 Å². The Morgan fingerprint density at radius 1 is 1.15 bits per heavy atom. The van der Waals surface area contributed by atoms with E-state index < -0.39 is 0 Å². The number of ketones is 1. The van der Waals surface area contributed by atoms with Gasteiger partial charge in [-0.3, -0.25) is 4.79 Å². The number of allylic oxidation sites excluding steroid dienone is 2. The fraction of sp³-hybridized carbons (Fsp3) is 0.389. The quantitative estimate of drug-likeness (QED) is 0.892. The summed E-state index contributed by atoms with van der Waals surface area (Å²) in [7, 11) is 0. The molecule has 20 heavy (non-hydrogen) atoms. The fourth-order valence-electron chi connectivity index (χ4n) is 3.57. The van der Waals surface area contributed by atoms with Crippen molar-refractivity contribution in [1.82, 2.24) is 5.32 Å². The second-order valence-corrected chi connectivity index (χ2v) is 6.63. The Kier molecular flexibility index (Phi) is 3.14. The summed E-state index contributed by atoms with van der Waals surface area (Å²) in [4.78, 5) is 11.4. The Hall–Kier alpha value is -1.67. The van der Waals surface area contributed by atoms with E-state index in [-0.39, 0.29) is 16.7 Å². The lowest BCUT2D eigenvalue weighted by atomic mass is 9.73. The summed E-state index contributed by atoms with van der Waals surface area (Å²) in [5.41, 5.74) is 1.39. The molecule has 1 aliphatic heterocycles. The second-order valence-electron chi connectivity index (χ2n) is 6.63. The highest BCUT2D eigenvalue weighted by Crippen LogP contribution is 2.44. The lowest BCUT2D eigenvalue weighted by Crippen LogP contribution is -2.41. The van der Waals surface area contributed by atoms with Crippen LogP contribution in [0.2, 0.25) is 0 Å². The summed E-state index contributed by atoms with van der Waals surface area (Å²) >= 11 is 0. The lowest BCUT2D eigenvalue weighted by Gasteiger charge is -2.30. The minimum Gasteiger partial charge on any atom is -0.307 e. The molecule has 1 atom stereocenters. The van der Waals surface area contributed by atoms with Crippen molar-refractivity contribution in [1.29, 1.82) is 0 Å². The molecule has 2 nitrogen and oxygen atoms in total. The van der Waals surface area contributed by atoms with E-state index in [2.05, 4.69) is 55.6 Å². The molecule has 0 bridgehead atoms. The van der Waals surface area contributed by atoms with Crippen molar-refractivity contribution in [2.24, 2.45) is 5.41 Å². The van der Waals surface area contributed by atoms with Crippen molar-refractivity contribution in [3.8, 4) is 0 Å². The minimum atomic E-state index is -0.0345. The molecule has 104 valence electrons. The van der Waals surface area contributed by atoms with Crippen LogP contribution < -0.4 is 5.32 Å². The van der Waals surface area contributed by atoms with Crippen molar-refractivity contribution in [3.05, 3.63) is 60.2 Å². The molecular formula is C18H21NO. The zero-order valence-corrected chi connectivity index (χ0v) is 12.1. The van der Waals surface area contributed by atoms with E-state index >= 15 is 0 Å². The molecule has 1 saturated heterocycles. The number of carbonyl (C=O) groups is 1. The number of hydrogen-bond acceptors (Lipinski definition) is 2. The van der Waals surface area contributed by atoms with Crippen LogP contribution in [0.15, 0.2) is 54.6 Å². The third kappa shape index (κ3) is 2.48. The average molecular weight is 267 g/mol. The topological polar surface area (TPSA) is 29.1 Å². The summed E-state index contributed by atoms with van der Waals surface area (Å²) in [6.45, 7) is 4.47. The van der Waals surface area contributed by atoms with Gasteiger partial charge in [-0.05, 0) is 44.4 Å². The van der Waals surface area contributed by atoms with Gasteiger partial charge in [0, 0.05) is 17.0 Å². The molecule has 0 amide bonds. The molecule has 1 heterocycles. The fourth-order valence-corrected chi connectivity index (χ4v) is 3.57. The van der Waals surface area contributed by atoms with Crippen LogP contribution >= 0.6 is 0 Å². The Morgan fingerprint density at radius 3 is 2.45 bits per heavy atom. The van der Waals surface area contributed by atoms with Gasteiger partial charge in [-0.25, -0.2) is 0 Å². The maximum Gasteiger partial charge on any atom is 0.178 e. The normalized spacial score (nSPS) is 26.3. The Labute approximate surface area is 120 Å². The minimum absolute atomic E-state index is 0.0345. The summed E-state index contributed by atoms with van der Waals surface area (Å²) < 4.78 is 0. The number of carbonyl (C=O) groups excluding carboxylic acids is 1. The van der Waals surface area contributed by atoms with Gasteiger partial charge >= 0.3 is 0 Å². The molecule has 0 aromatic heterocycles. The zero-order valence-electron chi connectivity index (χ0n) is 12.1. The van der Waals surface area contributed by atoms with E-state index in [0.717, 1.165) is 12.8 Å². The molecular weight excluding hydrogens is 246 g/mol. The highest BCUT2D eigenvalue weighted by atomic mass is 16.1. The van der Waals surface area contributed by atoms with Crippen LogP contribution in [0.25, 0.3) is 0 Å². The first-order chi connectivity index (χ1) is 9.49. The summed E-state index contributed by atoms with van der Waals surface area (Å²) in [5.74, 6) is 0.0961. The van der Waals surface area contributed by atoms with Crippen molar-refractivity contribution >= 4 is 5.78 Å². The number of rotatable bonds is 2. The average Bonchev–Trinajstić information content (AvgIpc) is 2.65. The highest BCUT2D eigenvalue weighted by Gasteiger charge is 2.47. The zero-order chi connectivity index (χ0) is 14.2. The van der Waals surface area contributed by atoms with Gasteiger partial charge in [0.15, 0.2) is 5.78 Å². The maximum absolute atomic E-state index is 11.4. The Morgan fingerprint density at radius 2 is 1.80 bits per heavy atom. The lowest BCUT2D eigenvalue weighted by molar-refractivity contribution is -0.110. The molecule has 1 unspecified atom stereocenters. The molecule has 1 aromatic rings. The van der Waals surface area contributed by atoms with Crippen LogP contribution in [0.3, 0.4) is 0 Å². The van der Waals surface area contributed by atoms with Gasteiger partial charge in [0.2, 0.25) is 0 Å². The molecule has 2 aliphatic rings. The monoisotopic (exact) mass is 267 g/mol. The van der Waals surface area contributed by atoms with Crippen molar-refractivity contribution in [2.45, 2.75) is 38.3 Å². The van der Waals surface area contributed by atoms with Gasteiger partial charge in [0.1, 0.15) is 0 Å². The number of nitrogens with one attached hydrogen (secondary N) is 1. The molecule has 3 rings (SSSR count). The highest BCUT2D eigenvalue weighted by molar-refractivity contribution is 6.00. The molecule has 1 aromatic carbocycles. The van der Waals surface area contributed by atoms with Gasteiger partial charge in [-0.2, -0.15) is 0 Å². The van der Waals surface area contributed by atoms with Gasteiger partial charge in [-0.1, -0.05) is 42.5 Å². The first-order valence-electron chi connectivity index (χ1n) is 7.23. The molecule has 1 aliphatic carbocycles. The van der Waals surface area contributed by atoms with E-state index in [1.54, 1.807) is 12.2 Å². The van der Waals surface area contributed by atoms with E-state index in [4.69, 9.17) is 0 Å². The smallest absolute Gasteiger partial charge is 0.178 e. The molecule has 1 N–H and O–H groups in total. The van der Waals surface area contributed by atoms with Crippen LogP contribution in [0.1, 0.15) is 25.8 Å². The van der Waals surface area contributed by atoms with E-state index in [9.17, 15) is 4.79 Å². The second kappa shape index (κ2) is 4.71. The predicted molar refractivity (Wildman–Crippen MR) is 81.5 cm³/mol. The predicted octanol–water partition coefficient (Wildman–Crippen LogP) is 3.05. The van der Waals surface area contributed by atoms with E-state index in [0.29, 0.717) is 6.04 Å². The molecule has 2 heteroatoms. The van der Waals surface area contributed by atoms with Crippen LogP contribution in [0, 0.1) is 5.41 Å². The van der Waals surface area contributed by atoms with Crippen LogP contribution in [-0.4, -0.2) is 17.4 Å². The molecule has 0 saturated carbocycles. The van der Waals surface area contributed by atoms with Crippen molar-refractivity contribution in [2.75, 3.05) is 0 Å². The molecule has 1 fully saturated rings. The number of benzene rings is 1. The van der Waals surface area contributed by atoms with Gasteiger partial charge < -0.3 is 5.32 Å². The first kappa shape index (κ1) is 13.3. The van der Waals surface area contributed by atoms with Gasteiger partial charge in [0.05, 0.1) is 0 Å². The maximum atomic E-state index is 11.4. The van der Waals surface area contributed by atoms with Crippen LogP contribution in [0.4, 0.5) is 0 Å². The first-order valence-corrected chi connectivity index (χ1v) is 7.23. The largest absolute Gasteiger partial charge is 0.307 e. The van der Waals surface area contributed by atoms with Crippen molar-refractivity contribution in [3.63, 3.8) is 0 Å². The third-order valence-electron chi connectivity index (χ3n) is 4.36. The Bertz CT molecular complexity index is 552. The van der Waals surface area contributed by atoms with Crippen molar-refractivity contribution < 1.29 is 4.79 Å². The van der Waals surface area contributed by atoms with Crippen LogP contribution in [-0.2, 0) is 11.2 Å².